The van der Waals surface area contributed by atoms with Crippen LogP contribution in [0.4, 0.5) is 5.69 Å². The molecule has 7 heteroatoms. The van der Waals surface area contributed by atoms with E-state index >= 15 is 0 Å². The van der Waals surface area contributed by atoms with Gasteiger partial charge >= 0.3 is 0 Å². The molecule has 6 nitrogen and oxygen atoms in total. The van der Waals surface area contributed by atoms with Crippen molar-refractivity contribution in [3.05, 3.63) is 24.3 Å². The van der Waals surface area contributed by atoms with Gasteiger partial charge in [0.05, 0.1) is 6.61 Å². The Balaban J connectivity index is 2.31. The Kier molecular flexibility index (Phi) is 7.49. The Morgan fingerprint density at radius 2 is 1.90 bits per heavy atom. The summed E-state index contributed by atoms with van der Waals surface area (Å²) in [5, 5.41) is 3.30. The number of thiocarbonyl (C=S) groups is 1. The van der Waals surface area contributed by atoms with E-state index in [-0.39, 0.29) is 5.91 Å². The predicted octanol–water partition coefficient (Wildman–Crippen LogP) is 1.35. The number of nitrogens with zero attached hydrogens (tertiary/aromatic N) is 1. The third-order valence-corrected chi connectivity index (χ3v) is 2.73. The first-order valence-electron chi connectivity index (χ1n) is 6.74. The maximum absolute atomic E-state index is 11.5. The second-order valence-corrected chi connectivity index (χ2v) is 5.05. The van der Waals surface area contributed by atoms with Crippen molar-refractivity contribution in [3.63, 3.8) is 0 Å². The van der Waals surface area contributed by atoms with E-state index in [0.29, 0.717) is 24.7 Å². The Labute approximate surface area is 130 Å². The lowest BCUT2D eigenvalue weighted by molar-refractivity contribution is -0.121. The molecule has 0 saturated heterocycles. The summed E-state index contributed by atoms with van der Waals surface area (Å²) < 4.78 is 5.35. The number of rotatable bonds is 6. The Bertz CT molecular complexity index is 463. The molecule has 0 saturated carbocycles. The van der Waals surface area contributed by atoms with Gasteiger partial charge < -0.3 is 15.0 Å². The second-order valence-electron chi connectivity index (χ2n) is 4.64. The highest BCUT2D eigenvalue weighted by Gasteiger charge is 2.03. The van der Waals surface area contributed by atoms with Gasteiger partial charge in [-0.2, -0.15) is 0 Å². The van der Waals surface area contributed by atoms with Crippen LogP contribution in [-0.4, -0.2) is 43.2 Å². The van der Waals surface area contributed by atoms with Crippen LogP contribution in [0.2, 0.25) is 0 Å². The molecule has 0 aliphatic rings. The van der Waals surface area contributed by atoms with Crippen molar-refractivity contribution in [3.8, 4) is 5.75 Å². The largest absolute Gasteiger partial charge is 0.494 e. The van der Waals surface area contributed by atoms with Gasteiger partial charge in [-0.25, -0.2) is 0 Å². The van der Waals surface area contributed by atoms with Crippen molar-refractivity contribution < 1.29 is 9.53 Å². The number of nitrogens with one attached hydrogen (secondary N) is 3. The minimum absolute atomic E-state index is 0.112. The topological polar surface area (TPSA) is 65.6 Å². The molecule has 1 aromatic carbocycles. The van der Waals surface area contributed by atoms with Crippen LogP contribution in [-0.2, 0) is 4.79 Å². The Hall–Kier alpha value is -1.86. The molecule has 0 radical (unpaired) electrons. The third-order valence-electron chi connectivity index (χ3n) is 2.52. The zero-order valence-corrected chi connectivity index (χ0v) is 13.4. The van der Waals surface area contributed by atoms with Crippen molar-refractivity contribution in [2.45, 2.75) is 13.3 Å². The van der Waals surface area contributed by atoms with E-state index in [9.17, 15) is 4.79 Å². The summed E-state index contributed by atoms with van der Waals surface area (Å²) in [7, 11) is 3.83. The number of carbonyl (C=O) groups excluding carboxylic acids is 1. The van der Waals surface area contributed by atoms with Gasteiger partial charge in [0.25, 0.3) is 0 Å². The van der Waals surface area contributed by atoms with Crippen LogP contribution in [0, 0.1) is 0 Å². The predicted molar refractivity (Wildman–Crippen MR) is 88.3 cm³/mol. The van der Waals surface area contributed by atoms with Crippen LogP contribution in [0.1, 0.15) is 13.3 Å². The van der Waals surface area contributed by atoms with Crippen LogP contribution in [0.5, 0.6) is 5.75 Å². The molecule has 21 heavy (non-hydrogen) atoms. The van der Waals surface area contributed by atoms with Gasteiger partial charge in [0.2, 0.25) is 5.91 Å². The molecule has 1 aromatic rings. The standard InChI is InChI=1S/C14H22N4O2S/c1-4-20-12-7-5-11(6-8-12)15-14(21)17-16-13(19)9-10-18(2)3/h5-8H,4,9-10H2,1-3H3,(H,16,19)(H2,15,17,21). The molecule has 0 spiro atoms. The van der Waals surface area contributed by atoms with Gasteiger partial charge in [-0.05, 0) is 57.5 Å². The number of hydrogen-bond acceptors (Lipinski definition) is 4. The minimum atomic E-state index is -0.112. The van der Waals surface area contributed by atoms with Crippen LogP contribution in [0.3, 0.4) is 0 Å². The number of hydrazine groups is 1. The van der Waals surface area contributed by atoms with Gasteiger partial charge in [0, 0.05) is 18.7 Å². The molecule has 0 atom stereocenters. The van der Waals surface area contributed by atoms with Gasteiger partial charge in [0.1, 0.15) is 5.75 Å². The zero-order chi connectivity index (χ0) is 15.7. The van der Waals surface area contributed by atoms with Crippen LogP contribution in [0.25, 0.3) is 0 Å². The summed E-state index contributed by atoms with van der Waals surface area (Å²) in [5.41, 5.74) is 6.03. The molecule has 0 aliphatic heterocycles. The van der Waals surface area contributed by atoms with Crippen molar-refractivity contribution in [2.75, 3.05) is 32.6 Å². The molecule has 3 N–H and O–H groups in total. The first-order valence-corrected chi connectivity index (χ1v) is 7.15. The molecule has 0 bridgehead atoms. The minimum Gasteiger partial charge on any atom is -0.494 e. The van der Waals surface area contributed by atoms with Crippen molar-refractivity contribution in [1.82, 2.24) is 15.8 Å². The summed E-state index contributed by atoms with van der Waals surface area (Å²) in [6.45, 7) is 3.25. The van der Waals surface area contributed by atoms with Crippen molar-refractivity contribution in [1.29, 1.82) is 0 Å². The SMILES string of the molecule is CCOc1ccc(NC(=S)NNC(=O)CCN(C)C)cc1. The molecular formula is C14H22N4O2S. The lowest BCUT2D eigenvalue weighted by atomic mass is 10.3. The van der Waals surface area contributed by atoms with Gasteiger partial charge in [-0.15, -0.1) is 0 Å². The van der Waals surface area contributed by atoms with Crippen LogP contribution < -0.4 is 20.9 Å². The fourth-order valence-corrected chi connectivity index (χ4v) is 1.65. The highest BCUT2D eigenvalue weighted by molar-refractivity contribution is 7.80. The first-order chi connectivity index (χ1) is 10.0. The smallest absolute Gasteiger partial charge is 0.239 e. The number of benzene rings is 1. The lowest BCUT2D eigenvalue weighted by Gasteiger charge is -2.13. The first kappa shape index (κ1) is 17.2. The molecule has 0 unspecified atom stereocenters. The van der Waals surface area contributed by atoms with Crippen LogP contribution in [0.15, 0.2) is 24.3 Å². The maximum Gasteiger partial charge on any atom is 0.239 e. The summed E-state index contributed by atoms with van der Waals surface area (Å²) in [6, 6.07) is 7.41. The average Bonchev–Trinajstić information content (AvgIpc) is 2.45. The number of anilines is 1. The van der Waals surface area contributed by atoms with Gasteiger partial charge in [-0.1, -0.05) is 0 Å². The molecule has 0 fully saturated rings. The summed E-state index contributed by atoms with van der Waals surface area (Å²) in [5.74, 6) is 0.693. The average molecular weight is 310 g/mol. The second kappa shape index (κ2) is 9.15. The Morgan fingerprint density at radius 1 is 1.24 bits per heavy atom. The number of amides is 1. The summed E-state index contributed by atoms with van der Waals surface area (Å²) in [6.07, 6.45) is 0.408. The van der Waals surface area contributed by atoms with Gasteiger partial charge in [0.15, 0.2) is 5.11 Å². The fourth-order valence-electron chi connectivity index (χ4n) is 1.48. The molecular weight excluding hydrogens is 288 g/mol. The summed E-state index contributed by atoms with van der Waals surface area (Å²) in [4.78, 5) is 13.5. The van der Waals surface area contributed by atoms with Crippen molar-refractivity contribution in [2.24, 2.45) is 0 Å². The quantitative estimate of drug-likeness (QED) is 0.544. The molecule has 0 heterocycles. The van der Waals surface area contributed by atoms with E-state index in [1.165, 1.54) is 0 Å². The molecule has 116 valence electrons. The number of hydrogen-bond donors (Lipinski definition) is 3. The van der Waals surface area contributed by atoms with Crippen LogP contribution >= 0.6 is 12.2 Å². The molecule has 0 aromatic heterocycles. The van der Waals surface area contributed by atoms with E-state index in [1.807, 2.05) is 50.2 Å². The van der Waals surface area contributed by atoms with E-state index < -0.39 is 0 Å². The molecule has 1 rings (SSSR count). The molecule has 0 aliphatic carbocycles. The summed E-state index contributed by atoms with van der Waals surface area (Å²) >= 11 is 5.10. The number of carbonyl (C=O) groups is 1. The Morgan fingerprint density at radius 3 is 2.48 bits per heavy atom. The van der Waals surface area contributed by atoms with E-state index in [4.69, 9.17) is 17.0 Å². The normalized spacial score (nSPS) is 10.1. The van der Waals surface area contributed by atoms with Crippen molar-refractivity contribution >= 4 is 28.9 Å². The van der Waals surface area contributed by atoms with Gasteiger partial charge in [-0.3, -0.25) is 15.6 Å². The monoisotopic (exact) mass is 310 g/mol. The number of ether oxygens (including phenoxy) is 1. The van der Waals surface area contributed by atoms with E-state index in [2.05, 4.69) is 16.2 Å². The van der Waals surface area contributed by atoms with E-state index in [0.717, 1.165) is 11.4 Å². The van der Waals surface area contributed by atoms with E-state index in [1.54, 1.807) is 0 Å². The third kappa shape index (κ3) is 7.48. The highest BCUT2D eigenvalue weighted by Crippen LogP contribution is 2.15. The highest BCUT2D eigenvalue weighted by atomic mass is 32.1. The zero-order valence-electron chi connectivity index (χ0n) is 12.6. The maximum atomic E-state index is 11.5. The molecule has 1 amide bonds. The fraction of sp³-hybridized carbons (Fsp3) is 0.429. The lowest BCUT2D eigenvalue weighted by Crippen LogP contribution is -2.44.